The number of anilines is 1. The maximum absolute atomic E-state index is 16.7. The standard InChI is InChI=1S/C37H44FN5O6Si/c1-35(2,3)50(5,6)49-30-28(38)33(48-36(30,21-44)22-45)43-23-39-29-31(43)40-34(41-32(29)46)42-37(24-13-9-7-10-14-24,25-15-11-8-12-16-25)26-17-19-27(47-4)20-18-26/h7-20,23,28,30,33,44-45H,21-22H2,1-6H3,(H2,40,41,42,46)/t28-,30-,33+/m0/s1. The average Bonchev–Trinajstić information content (AvgIpc) is 3.66. The van der Waals surface area contributed by atoms with E-state index in [1.54, 1.807) is 7.11 Å². The quantitative estimate of drug-likeness (QED) is 0.104. The summed E-state index contributed by atoms with van der Waals surface area (Å²) in [6.45, 7) is 8.61. The van der Waals surface area contributed by atoms with E-state index in [1.165, 1.54) is 10.9 Å². The van der Waals surface area contributed by atoms with Crippen LogP contribution in [0.1, 0.15) is 43.7 Å². The zero-order chi connectivity index (χ0) is 35.9. The molecule has 0 unspecified atom stereocenters. The van der Waals surface area contributed by atoms with Crippen molar-refractivity contribution in [2.45, 2.75) is 68.5 Å². The van der Waals surface area contributed by atoms with Gasteiger partial charge in [0.15, 0.2) is 31.9 Å². The number of H-pyrrole nitrogens is 1. The summed E-state index contributed by atoms with van der Waals surface area (Å²) >= 11 is 0. The molecule has 0 saturated carbocycles. The lowest BCUT2D eigenvalue weighted by atomic mass is 9.77. The Balaban J connectivity index is 1.49. The van der Waals surface area contributed by atoms with Crippen LogP contribution in [0.5, 0.6) is 5.75 Å². The van der Waals surface area contributed by atoms with Crippen LogP contribution in [0.3, 0.4) is 0 Å². The van der Waals surface area contributed by atoms with E-state index in [1.807, 2.05) is 119 Å². The number of imidazole rings is 1. The van der Waals surface area contributed by atoms with Crippen LogP contribution in [-0.4, -0.2) is 76.2 Å². The van der Waals surface area contributed by atoms with E-state index in [-0.39, 0.29) is 22.2 Å². The number of hydrogen-bond acceptors (Lipinski definition) is 9. The number of nitrogens with zero attached hydrogens (tertiary/aromatic N) is 3. The van der Waals surface area contributed by atoms with Crippen molar-refractivity contribution in [1.82, 2.24) is 19.5 Å². The van der Waals surface area contributed by atoms with Gasteiger partial charge in [0.25, 0.3) is 5.56 Å². The molecule has 3 atom stereocenters. The monoisotopic (exact) mass is 701 g/mol. The van der Waals surface area contributed by atoms with E-state index in [0.717, 1.165) is 16.7 Å². The van der Waals surface area contributed by atoms with Crippen LogP contribution < -0.4 is 15.6 Å². The first kappa shape index (κ1) is 35.4. The second kappa shape index (κ2) is 13.4. The van der Waals surface area contributed by atoms with Crippen molar-refractivity contribution >= 4 is 25.4 Å². The van der Waals surface area contributed by atoms with Gasteiger partial charge < -0.3 is 29.4 Å². The van der Waals surface area contributed by atoms with Gasteiger partial charge in [-0.15, -0.1) is 0 Å². The van der Waals surface area contributed by atoms with Gasteiger partial charge >= 0.3 is 0 Å². The molecule has 4 N–H and O–H groups in total. The van der Waals surface area contributed by atoms with Crippen molar-refractivity contribution in [3.05, 3.63) is 118 Å². The molecule has 1 saturated heterocycles. The third kappa shape index (κ3) is 6.02. The number of aliphatic hydroxyl groups is 2. The van der Waals surface area contributed by atoms with Crippen LogP contribution in [0.4, 0.5) is 10.3 Å². The predicted molar refractivity (Wildman–Crippen MR) is 192 cm³/mol. The first-order chi connectivity index (χ1) is 23.8. The molecule has 0 radical (unpaired) electrons. The summed E-state index contributed by atoms with van der Waals surface area (Å²) in [4.78, 5) is 25.6. The molecule has 0 spiro atoms. The Hall–Kier alpha value is -4.40. The zero-order valence-corrected chi connectivity index (χ0v) is 30.1. The van der Waals surface area contributed by atoms with Crippen LogP contribution in [-0.2, 0) is 14.7 Å². The number of hydrogen-bond donors (Lipinski definition) is 4. The molecule has 50 heavy (non-hydrogen) atoms. The van der Waals surface area contributed by atoms with Crippen molar-refractivity contribution in [3.8, 4) is 5.75 Å². The summed E-state index contributed by atoms with van der Waals surface area (Å²) in [5.41, 5.74) is -0.813. The van der Waals surface area contributed by atoms with E-state index in [9.17, 15) is 15.0 Å². The van der Waals surface area contributed by atoms with Gasteiger partial charge in [0.05, 0.1) is 26.7 Å². The van der Waals surface area contributed by atoms with Crippen LogP contribution in [0.2, 0.25) is 18.1 Å². The highest BCUT2D eigenvalue weighted by Gasteiger charge is 2.59. The highest BCUT2D eigenvalue weighted by Crippen LogP contribution is 2.46. The van der Waals surface area contributed by atoms with Crippen molar-refractivity contribution in [2.24, 2.45) is 0 Å². The number of aromatic nitrogens is 4. The smallest absolute Gasteiger partial charge is 0.280 e. The molecule has 11 nitrogen and oxygen atoms in total. The number of fused-ring (bicyclic) bond motifs is 1. The second-order valence-corrected chi connectivity index (χ2v) is 19.0. The highest BCUT2D eigenvalue weighted by molar-refractivity contribution is 6.74. The van der Waals surface area contributed by atoms with Crippen LogP contribution in [0.15, 0.2) is 96.1 Å². The number of benzene rings is 3. The number of alkyl halides is 1. The SMILES string of the molecule is COc1ccc(C(Nc2nc3c(ncn3[C@@H]3OC(CO)(CO)[C@@H](O[Si](C)(C)C(C)(C)C)[C@@H]3F)c(=O)[nH]2)(c2ccccc2)c2ccccc2)cc1. The Morgan fingerprint density at radius 2 is 1.52 bits per heavy atom. The van der Waals surface area contributed by atoms with Crippen LogP contribution in [0, 0.1) is 0 Å². The molecule has 0 aliphatic carbocycles. The molecule has 6 rings (SSSR count). The average molecular weight is 702 g/mol. The molecule has 1 fully saturated rings. The van der Waals surface area contributed by atoms with Crippen molar-refractivity contribution in [3.63, 3.8) is 0 Å². The molecule has 1 aliphatic heterocycles. The molecule has 13 heteroatoms. The summed E-state index contributed by atoms with van der Waals surface area (Å²) < 4.78 is 36.1. The van der Waals surface area contributed by atoms with Crippen molar-refractivity contribution in [2.75, 3.05) is 25.6 Å². The third-order valence-electron chi connectivity index (χ3n) is 10.1. The molecule has 3 aromatic carbocycles. The highest BCUT2D eigenvalue weighted by atomic mass is 28.4. The van der Waals surface area contributed by atoms with Gasteiger partial charge in [-0.05, 0) is 47.0 Å². The molecular formula is C37H44FN5O6Si. The van der Waals surface area contributed by atoms with Crippen molar-refractivity contribution in [1.29, 1.82) is 0 Å². The number of aliphatic hydroxyl groups excluding tert-OH is 2. The summed E-state index contributed by atoms with van der Waals surface area (Å²) in [5, 5.41) is 24.2. The van der Waals surface area contributed by atoms with E-state index in [2.05, 4.69) is 15.3 Å². The number of nitrogens with one attached hydrogen (secondary N) is 2. The third-order valence-corrected chi connectivity index (χ3v) is 14.6. The Morgan fingerprint density at radius 1 is 0.960 bits per heavy atom. The van der Waals surface area contributed by atoms with Crippen molar-refractivity contribution < 1.29 is 28.5 Å². The zero-order valence-electron chi connectivity index (χ0n) is 29.1. The lowest BCUT2D eigenvalue weighted by Crippen LogP contribution is -2.56. The molecule has 1 aliphatic rings. The van der Waals surface area contributed by atoms with E-state index in [4.69, 9.17) is 18.9 Å². The van der Waals surface area contributed by atoms with Gasteiger partial charge in [0.2, 0.25) is 5.95 Å². The van der Waals surface area contributed by atoms with Gasteiger partial charge in [0, 0.05) is 0 Å². The van der Waals surface area contributed by atoms with Gasteiger partial charge in [-0.1, -0.05) is 93.6 Å². The van der Waals surface area contributed by atoms with E-state index >= 15 is 4.39 Å². The fourth-order valence-electron chi connectivity index (χ4n) is 6.28. The lowest BCUT2D eigenvalue weighted by Gasteiger charge is -2.42. The van der Waals surface area contributed by atoms with E-state index < -0.39 is 56.7 Å². The topological polar surface area (TPSA) is 144 Å². The Kier molecular flexibility index (Phi) is 9.48. The first-order valence-electron chi connectivity index (χ1n) is 16.5. The van der Waals surface area contributed by atoms with Gasteiger partial charge in [-0.3, -0.25) is 14.3 Å². The molecule has 0 bridgehead atoms. The Labute approximate surface area is 291 Å². The summed E-state index contributed by atoms with van der Waals surface area (Å²) in [6, 6.07) is 27.1. The molecule has 3 heterocycles. The minimum absolute atomic E-state index is 0.0341. The molecular weight excluding hydrogens is 658 g/mol. The minimum Gasteiger partial charge on any atom is -0.497 e. The number of halogens is 1. The second-order valence-electron chi connectivity index (χ2n) is 14.2. The summed E-state index contributed by atoms with van der Waals surface area (Å²) in [7, 11) is -1.00. The molecule has 2 aromatic heterocycles. The van der Waals surface area contributed by atoms with Gasteiger partial charge in [-0.25, -0.2) is 9.37 Å². The first-order valence-corrected chi connectivity index (χ1v) is 19.4. The van der Waals surface area contributed by atoms with E-state index in [0.29, 0.717) is 5.75 Å². The molecule has 5 aromatic rings. The normalized spacial score (nSPS) is 19.5. The minimum atomic E-state index is -2.60. The van der Waals surface area contributed by atoms with Crippen LogP contribution in [0.25, 0.3) is 11.2 Å². The van der Waals surface area contributed by atoms with Gasteiger partial charge in [-0.2, -0.15) is 4.98 Å². The largest absolute Gasteiger partial charge is 0.497 e. The maximum Gasteiger partial charge on any atom is 0.280 e. The predicted octanol–water partition coefficient (Wildman–Crippen LogP) is 5.51. The molecule has 264 valence electrons. The Bertz CT molecular complexity index is 1940. The lowest BCUT2D eigenvalue weighted by molar-refractivity contribution is -0.146. The fraction of sp³-hybridized carbons (Fsp3) is 0.378. The van der Waals surface area contributed by atoms with Gasteiger partial charge in [0.1, 0.15) is 23.0 Å². The molecule has 0 amide bonds. The fourth-order valence-corrected chi connectivity index (χ4v) is 7.61. The van der Waals surface area contributed by atoms with Crippen LogP contribution >= 0.6 is 0 Å². The number of methoxy groups -OCH3 is 1. The maximum atomic E-state index is 16.7. The number of rotatable bonds is 11. The Morgan fingerprint density at radius 3 is 2.04 bits per heavy atom. The number of aromatic amines is 1. The summed E-state index contributed by atoms with van der Waals surface area (Å²) in [6.07, 6.45) is -3.26. The number of ether oxygens (including phenoxy) is 2. The summed E-state index contributed by atoms with van der Waals surface area (Å²) in [5.74, 6) is 0.765.